The first-order valence-corrected chi connectivity index (χ1v) is 13.6. The Morgan fingerprint density at radius 2 is 1.72 bits per heavy atom. The minimum atomic E-state index is -3.98. The lowest BCUT2D eigenvalue weighted by atomic mass is 9.99. The van der Waals surface area contributed by atoms with E-state index in [9.17, 15) is 18.3 Å². The number of nitrogens with one attached hydrogen (secondary N) is 1. The van der Waals surface area contributed by atoms with Gasteiger partial charge >= 0.3 is 0 Å². The van der Waals surface area contributed by atoms with Crippen molar-refractivity contribution in [1.82, 2.24) is 9.62 Å². The second-order valence-corrected chi connectivity index (χ2v) is 11.8. The summed E-state index contributed by atoms with van der Waals surface area (Å²) < 4.78 is 39.1. The number of rotatable bonds is 12. The number of benzene rings is 2. The Kier molecular flexibility index (Phi) is 9.35. The summed E-state index contributed by atoms with van der Waals surface area (Å²) in [5.41, 5.74) is 6.93. The fourth-order valence-electron chi connectivity index (χ4n) is 3.93. The summed E-state index contributed by atoms with van der Waals surface area (Å²) in [5.74, 6) is 0.356. The lowest BCUT2D eigenvalue weighted by molar-refractivity contribution is -0.124. The number of aliphatic hydroxyl groups excluding tert-OH is 1. The first-order chi connectivity index (χ1) is 17.0. The molecule has 9 nitrogen and oxygen atoms in total. The van der Waals surface area contributed by atoms with Crippen molar-refractivity contribution in [1.29, 1.82) is 0 Å². The van der Waals surface area contributed by atoms with Gasteiger partial charge in [0.05, 0.1) is 23.1 Å². The van der Waals surface area contributed by atoms with E-state index in [1.54, 1.807) is 6.07 Å². The van der Waals surface area contributed by atoms with E-state index in [4.69, 9.17) is 15.2 Å². The topological polar surface area (TPSA) is 131 Å². The summed E-state index contributed by atoms with van der Waals surface area (Å²) in [4.78, 5) is 12.8. The first kappa shape index (κ1) is 27.9. The van der Waals surface area contributed by atoms with Crippen LogP contribution in [0.3, 0.4) is 0 Å². The molecule has 1 heterocycles. The highest BCUT2D eigenvalue weighted by Crippen LogP contribution is 2.34. The number of hydrogen-bond donors (Lipinski definition) is 3. The van der Waals surface area contributed by atoms with Crippen molar-refractivity contribution in [3.8, 4) is 11.5 Å². The Bertz CT molecular complexity index is 1120. The van der Waals surface area contributed by atoms with Crippen LogP contribution in [0.5, 0.6) is 11.5 Å². The van der Waals surface area contributed by atoms with Gasteiger partial charge in [-0.3, -0.25) is 4.79 Å². The predicted octanol–water partition coefficient (Wildman–Crippen LogP) is 2.13. The van der Waals surface area contributed by atoms with E-state index in [-0.39, 0.29) is 42.5 Å². The molecule has 198 valence electrons. The standard InChI is InChI=1S/C26H37N3O6S/c1-17(2)14-29(36(32,33)20-10-11-23-24(13-20)35-16-34-23)15-22(30)21(12-19-8-6-5-7-9-19)28-26(31)25(27)18(3)4/h5-11,13,17-18,21-22,25,30H,12,14-16,27H2,1-4H3,(H,28,31). The smallest absolute Gasteiger partial charge is 0.243 e. The van der Waals surface area contributed by atoms with Gasteiger partial charge in [0.1, 0.15) is 0 Å². The maximum absolute atomic E-state index is 13.6. The molecule has 0 bridgehead atoms. The highest BCUT2D eigenvalue weighted by atomic mass is 32.2. The molecule has 0 aliphatic carbocycles. The molecule has 3 rings (SSSR count). The van der Waals surface area contributed by atoms with E-state index < -0.39 is 28.2 Å². The van der Waals surface area contributed by atoms with Crippen LogP contribution in [0.15, 0.2) is 53.4 Å². The summed E-state index contributed by atoms with van der Waals surface area (Å²) >= 11 is 0. The van der Waals surface area contributed by atoms with E-state index in [1.165, 1.54) is 16.4 Å². The largest absolute Gasteiger partial charge is 0.454 e. The monoisotopic (exact) mass is 519 g/mol. The predicted molar refractivity (Wildman–Crippen MR) is 137 cm³/mol. The molecule has 3 unspecified atom stereocenters. The summed E-state index contributed by atoms with van der Waals surface area (Å²) in [7, 11) is -3.98. The third kappa shape index (κ3) is 6.97. The van der Waals surface area contributed by atoms with Gasteiger partial charge < -0.3 is 25.6 Å². The van der Waals surface area contributed by atoms with E-state index in [0.717, 1.165) is 5.56 Å². The maximum Gasteiger partial charge on any atom is 0.243 e. The van der Waals surface area contributed by atoms with Crippen molar-refractivity contribution >= 4 is 15.9 Å². The molecule has 10 heteroatoms. The first-order valence-electron chi connectivity index (χ1n) is 12.2. The Hall–Kier alpha value is -2.66. The van der Waals surface area contributed by atoms with Gasteiger partial charge in [-0.15, -0.1) is 0 Å². The molecule has 0 fully saturated rings. The molecular weight excluding hydrogens is 482 g/mol. The van der Waals surface area contributed by atoms with Gasteiger partial charge in [0, 0.05) is 19.2 Å². The van der Waals surface area contributed by atoms with Gasteiger partial charge in [0.25, 0.3) is 0 Å². The number of carbonyl (C=O) groups excluding carboxylic acids is 1. The molecule has 0 radical (unpaired) electrons. The Morgan fingerprint density at radius 3 is 2.36 bits per heavy atom. The number of hydrogen-bond acceptors (Lipinski definition) is 7. The molecule has 3 atom stereocenters. The van der Waals surface area contributed by atoms with Crippen molar-refractivity contribution in [2.75, 3.05) is 19.9 Å². The van der Waals surface area contributed by atoms with Gasteiger partial charge in [-0.05, 0) is 36.0 Å². The number of fused-ring (bicyclic) bond motifs is 1. The van der Waals surface area contributed by atoms with Crippen molar-refractivity contribution in [3.63, 3.8) is 0 Å². The summed E-state index contributed by atoms with van der Waals surface area (Å²) in [6.07, 6.45) is -0.867. The molecule has 0 saturated heterocycles. The van der Waals surface area contributed by atoms with E-state index in [2.05, 4.69) is 5.32 Å². The minimum absolute atomic E-state index is 0.00230. The molecular formula is C26H37N3O6S. The lowest BCUT2D eigenvalue weighted by Crippen LogP contribution is -2.55. The Balaban J connectivity index is 1.87. The number of nitrogens with two attached hydrogens (primary N) is 1. The molecule has 1 aliphatic rings. The normalized spacial score (nSPS) is 15.8. The number of aliphatic hydroxyl groups is 1. The molecule has 1 amide bonds. The summed E-state index contributed by atoms with van der Waals surface area (Å²) in [5, 5.41) is 14.1. The number of nitrogens with zero attached hydrogens (tertiary/aromatic N) is 1. The molecule has 0 saturated carbocycles. The third-order valence-electron chi connectivity index (χ3n) is 6.05. The van der Waals surface area contributed by atoms with Crippen LogP contribution in [0, 0.1) is 11.8 Å². The fourth-order valence-corrected chi connectivity index (χ4v) is 5.57. The average Bonchev–Trinajstić information content (AvgIpc) is 3.31. The average molecular weight is 520 g/mol. The van der Waals surface area contributed by atoms with Gasteiger partial charge in [-0.1, -0.05) is 58.0 Å². The SMILES string of the molecule is CC(C)CN(CC(O)C(Cc1ccccc1)NC(=O)C(N)C(C)C)S(=O)(=O)c1ccc2c(c1)OCO2. The van der Waals surface area contributed by atoms with E-state index in [1.807, 2.05) is 58.0 Å². The summed E-state index contributed by atoms with van der Waals surface area (Å²) in [6, 6.07) is 12.4. The zero-order valence-corrected chi connectivity index (χ0v) is 22.1. The Morgan fingerprint density at radius 1 is 1.06 bits per heavy atom. The number of ether oxygens (including phenoxy) is 2. The van der Waals surface area contributed by atoms with Crippen LogP contribution in [0.1, 0.15) is 33.3 Å². The molecule has 4 N–H and O–H groups in total. The zero-order valence-electron chi connectivity index (χ0n) is 21.3. The minimum Gasteiger partial charge on any atom is -0.454 e. The van der Waals surface area contributed by atoms with Crippen LogP contribution in [-0.2, 0) is 21.2 Å². The quantitative estimate of drug-likeness (QED) is 0.391. The Labute approximate surface area is 213 Å². The number of carbonyl (C=O) groups is 1. The fraction of sp³-hybridized carbons (Fsp3) is 0.500. The molecule has 1 aliphatic heterocycles. The lowest BCUT2D eigenvalue weighted by Gasteiger charge is -2.31. The van der Waals surface area contributed by atoms with Gasteiger partial charge in [0.2, 0.25) is 22.7 Å². The van der Waals surface area contributed by atoms with Gasteiger partial charge in [0.15, 0.2) is 11.5 Å². The summed E-state index contributed by atoms with van der Waals surface area (Å²) in [6.45, 7) is 7.50. The van der Waals surface area contributed by atoms with Gasteiger partial charge in [-0.2, -0.15) is 4.31 Å². The van der Waals surface area contributed by atoms with Crippen molar-refractivity contribution in [2.24, 2.45) is 17.6 Å². The second kappa shape index (κ2) is 12.1. The van der Waals surface area contributed by atoms with Crippen LogP contribution in [-0.4, -0.2) is 61.8 Å². The van der Waals surface area contributed by atoms with Crippen LogP contribution < -0.4 is 20.5 Å². The van der Waals surface area contributed by atoms with E-state index in [0.29, 0.717) is 17.9 Å². The van der Waals surface area contributed by atoms with Crippen molar-refractivity contribution < 1.29 is 27.8 Å². The molecule has 36 heavy (non-hydrogen) atoms. The van der Waals surface area contributed by atoms with Crippen molar-refractivity contribution in [2.45, 2.75) is 57.2 Å². The maximum atomic E-state index is 13.6. The zero-order chi connectivity index (χ0) is 26.5. The van der Waals surface area contributed by atoms with E-state index >= 15 is 0 Å². The molecule has 2 aromatic carbocycles. The molecule has 0 aromatic heterocycles. The molecule has 2 aromatic rings. The van der Waals surface area contributed by atoms with Gasteiger partial charge in [-0.25, -0.2) is 8.42 Å². The molecule has 0 spiro atoms. The van der Waals surface area contributed by atoms with Crippen molar-refractivity contribution in [3.05, 3.63) is 54.1 Å². The van der Waals surface area contributed by atoms with Crippen LogP contribution in [0.4, 0.5) is 0 Å². The number of amides is 1. The highest BCUT2D eigenvalue weighted by molar-refractivity contribution is 7.89. The van der Waals surface area contributed by atoms with Crippen LogP contribution >= 0.6 is 0 Å². The van der Waals surface area contributed by atoms with Crippen LogP contribution in [0.2, 0.25) is 0 Å². The van der Waals surface area contributed by atoms with Crippen LogP contribution in [0.25, 0.3) is 0 Å². The highest BCUT2D eigenvalue weighted by Gasteiger charge is 2.33. The third-order valence-corrected chi connectivity index (χ3v) is 7.88. The number of sulfonamides is 1. The second-order valence-electron chi connectivity index (χ2n) is 9.87.